The van der Waals surface area contributed by atoms with Crippen molar-refractivity contribution in [1.29, 1.82) is 0 Å². The zero-order valence-electron chi connectivity index (χ0n) is 14.5. The summed E-state index contributed by atoms with van der Waals surface area (Å²) in [6.07, 6.45) is 5.45. The fourth-order valence-corrected chi connectivity index (χ4v) is 3.64. The van der Waals surface area contributed by atoms with E-state index in [1.807, 2.05) is 42.3 Å². The van der Waals surface area contributed by atoms with Gasteiger partial charge in [0, 0.05) is 47.6 Å². The monoisotopic (exact) mass is 369 g/mol. The van der Waals surface area contributed by atoms with Crippen LogP contribution in [0.5, 0.6) is 0 Å². The van der Waals surface area contributed by atoms with Gasteiger partial charge in [0.15, 0.2) is 0 Å². The summed E-state index contributed by atoms with van der Waals surface area (Å²) < 4.78 is 0. The molecule has 134 valence electrons. The average molecular weight is 370 g/mol. The standard InChI is InChI=1S/C19H20ClN5O/c1-12-16(13-2-4-15(20)5-3-13)23-24-17(12)19(26)25-10-6-14(7-11-25)18-21-8-9-22-18/h2-5,8-9,14H,6-7,10-11H2,1H3,(H,21,22)(H,23,24). The number of hydrogen-bond donors (Lipinski definition) is 2. The topological polar surface area (TPSA) is 77.7 Å². The summed E-state index contributed by atoms with van der Waals surface area (Å²) in [5, 5.41) is 7.97. The molecular weight excluding hydrogens is 350 g/mol. The van der Waals surface area contributed by atoms with Crippen LogP contribution in [0.15, 0.2) is 36.7 Å². The van der Waals surface area contributed by atoms with Gasteiger partial charge in [-0.05, 0) is 31.9 Å². The van der Waals surface area contributed by atoms with Gasteiger partial charge in [-0.1, -0.05) is 23.7 Å². The van der Waals surface area contributed by atoms with E-state index in [0.29, 0.717) is 16.6 Å². The van der Waals surface area contributed by atoms with Gasteiger partial charge in [0.2, 0.25) is 0 Å². The van der Waals surface area contributed by atoms with E-state index in [9.17, 15) is 4.79 Å². The summed E-state index contributed by atoms with van der Waals surface area (Å²) in [6, 6.07) is 7.47. The molecule has 0 atom stereocenters. The average Bonchev–Trinajstić information content (AvgIpc) is 3.32. The van der Waals surface area contributed by atoms with Crippen LogP contribution in [0.3, 0.4) is 0 Å². The Kier molecular flexibility index (Phi) is 4.51. The molecule has 1 aliphatic rings. The number of imidazole rings is 1. The van der Waals surface area contributed by atoms with Gasteiger partial charge < -0.3 is 9.88 Å². The van der Waals surface area contributed by atoms with Gasteiger partial charge in [0.1, 0.15) is 11.5 Å². The molecule has 0 aliphatic carbocycles. The molecule has 1 amide bonds. The summed E-state index contributed by atoms with van der Waals surface area (Å²) in [4.78, 5) is 22.3. The highest BCUT2D eigenvalue weighted by atomic mass is 35.5. The maximum atomic E-state index is 12.9. The van der Waals surface area contributed by atoms with Crippen LogP contribution in [0.25, 0.3) is 11.3 Å². The predicted octanol–water partition coefficient (Wildman–Crippen LogP) is 3.78. The third-order valence-corrected chi connectivity index (χ3v) is 5.28. The molecule has 0 spiro atoms. The van der Waals surface area contributed by atoms with Crippen molar-refractivity contribution in [1.82, 2.24) is 25.1 Å². The molecule has 26 heavy (non-hydrogen) atoms. The number of H-pyrrole nitrogens is 2. The van der Waals surface area contributed by atoms with Crippen LogP contribution >= 0.6 is 11.6 Å². The third kappa shape index (κ3) is 3.12. The highest BCUT2D eigenvalue weighted by Crippen LogP contribution is 2.28. The summed E-state index contributed by atoms with van der Waals surface area (Å²) in [5.74, 6) is 1.41. The van der Waals surface area contributed by atoms with Gasteiger partial charge in [-0.3, -0.25) is 9.89 Å². The van der Waals surface area contributed by atoms with Crippen molar-refractivity contribution >= 4 is 17.5 Å². The largest absolute Gasteiger partial charge is 0.348 e. The second kappa shape index (κ2) is 6.96. The highest BCUT2D eigenvalue weighted by Gasteiger charge is 2.28. The van der Waals surface area contributed by atoms with E-state index in [1.54, 1.807) is 6.20 Å². The van der Waals surface area contributed by atoms with Gasteiger partial charge in [0.05, 0.1) is 5.69 Å². The van der Waals surface area contributed by atoms with Crippen molar-refractivity contribution in [2.24, 2.45) is 0 Å². The van der Waals surface area contributed by atoms with Gasteiger partial charge in [-0.15, -0.1) is 0 Å². The first-order valence-electron chi connectivity index (χ1n) is 8.73. The molecule has 2 N–H and O–H groups in total. The number of piperidine rings is 1. The number of carbonyl (C=O) groups excluding carboxylic acids is 1. The summed E-state index contributed by atoms with van der Waals surface area (Å²) in [7, 11) is 0. The highest BCUT2D eigenvalue weighted by molar-refractivity contribution is 6.30. The second-order valence-corrected chi connectivity index (χ2v) is 7.06. The van der Waals surface area contributed by atoms with Crippen LogP contribution in [0, 0.1) is 6.92 Å². The lowest BCUT2D eigenvalue weighted by atomic mass is 9.95. The van der Waals surface area contributed by atoms with Crippen molar-refractivity contribution < 1.29 is 4.79 Å². The SMILES string of the molecule is Cc1c(-c2ccc(Cl)cc2)n[nH]c1C(=O)N1CCC(c2ncc[nH]2)CC1. The normalized spacial score (nSPS) is 15.4. The minimum Gasteiger partial charge on any atom is -0.348 e. The molecule has 3 heterocycles. The molecule has 0 radical (unpaired) electrons. The number of likely N-dealkylation sites (tertiary alicyclic amines) is 1. The van der Waals surface area contributed by atoms with Crippen molar-refractivity contribution in [2.45, 2.75) is 25.7 Å². The van der Waals surface area contributed by atoms with Crippen molar-refractivity contribution in [3.63, 3.8) is 0 Å². The van der Waals surface area contributed by atoms with Gasteiger partial charge >= 0.3 is 0 Å². The summed E-state index contributed by atoms with van der Waals surface area (Å²) in [6.45, 7) is 3.37. The van der Waals surface area contributed by atoms with E-state index < -0.39 is 0 Å². The third-order valence-electron chi connectivity index (χ3n) is 5.03. The number of aromatic nitrogens is 4. The number of rotatable bonds is 3. The maximum Gasteiger partial charge on any atom is 0.272 e. The van der Waals surface area contributed by atoms with Crippen molar-refractivity contribution in [3.05, 3.63) is 58.8 Å². The molecule has 1 fully saturated rings. The Morgan fingerprint density at radius 3 is 2.62 bits per heavy atom. The predicted molar refractivity (Wildman–Crippen MR) is 100 cm³/mol. The quantitative estimate of drug-likeness (QED) is 0.737. The van der Waals surface area contributed by atoms with Gasteiger partial charge in [-0.25, -0.2) is 4.98 Å². The lowest BCUT2D eigenvalue weighted by Gasteiger charge is -2.31. The van der Waals surface area contributed by atoms with E-state index >= 15 is 0 Å². The fourth-order valence-electron chi connectivity index (χ4n) is 3.51. The van der Waals surface area contributed by atoms with Gasteiger partial charge in [0.25, 0.3) is 5.91 Å². The molecule has 1 aliphatic heterocycles. The molecule has 0 saturated carbocycles. The molecule has 2 aromatic heterocycles. The Morgan fingerprint density at radius 1 is 1.23 bits per heavy atom. The van der Waals surface area contributed by atoms with Crippen LogP contribution in [0.2, 0.25) is 5.02 Å². The molecular formula is C19H20ClN5O. The van der Waals surface area contributed by atoms with Gasteiger partial charge in [-0.2, -0.15) is 5.10 Å². The smallest absolute Gasteiger partial charge is 0.272 e. The number of aromatic amines is 2. The Labute approximate surface area is 156 Å². The molecule has 1 saturated heterocycles. The Morgan fingerprint density at radius 2 is 1.96 bits per heavy atom. The summed E-state index contributed by atoms with van der Waals surface area (Å²) in [5.41, 5.74) is 3.16. The number of carbonyl (C=O) groups is 1. The first-order chi connectivity index (χ1) is 12.6. The van der Waals surface area contributed by atoms with Crippen LogP contribution in [-0.2, 0) is 0 Å². The van der Waals surface area contributed by atoms with E-state index in [-0.39, 0.29) is 5.91 Å². The lowest BCUT2D eigenvalue weighted by Crippen LogP contribution is -2.38. The number of amides is 1. The minimum atomic E-state index is 0.00751. The summed E-state index contributed by atoms with van der Waals surface area (Å²) >= 11 is 5.95. The number of nitrogens with zero attached hydrogens (tertiary/aromatic N) is 3. The number of hydrogen-bond acceptors (Lipinski definition) is 3. The van der Waals surface area contributed by atoms with Crippen molar-refractivity contribution in [2.75, 3.05) is 13.1 Å². The number of benzene rings is 1. The van der Waals surface area contributed by atoms with Crippen LogP contribution in [-0.4, -0.2) is 44.1 Å². The Hall–Kier alpha value is -2.60. The van der Waals surface area contributed by atoms with E-state index in [4.69, 9.17) is 11.6 Å². The molecule has 0 bridgehead atoms. The van der Waals surface area contributed by atoms with Crippen LogP contribution in [0.1, 0.15) is 40.6 Å². The van der Waals surface area contributed by atoms with Crippen LogP contribution in [0.4, 0.5) is 0 Å². The fraction of sp³-hybridized carbons (Fsp3) is 0.316. The van der Waals surface area contributed by atoms with Crippen molar-refractivity contribution in [3.8, 4) is 11.3 Å². The Bertz CT molecular complexity index is 893. The first kappa shape index (κ1) is 16.8. The zero-order chi connectivity index (χ0) is 18.1. The molecule has 4 rings (SSSR count). The first-order valence-corrected chi connectivity index (χ1v) is 9.10. The minimum absolute atomic E-state index is 0.00751. The maximum absolute atomic E-state index is 12.9. The van der Waals surface area contributed by atoms with E-state index in [0.717, 1.165) is 48.6 Å². The molecule has 7 heteroatoms. The molecule has 3 aromatic rings. The number of halogens is 1. The van der Waals surface area contributed by atoms with Crippen LogP contribution < -0.4 is 0 Å². The van der Waals surface area contributed by atoms with E-state index in [2.05, 4.69) is 20.2 Å². The molecule has 0 unspecified atom stereocenters. The zero-order valence-corrected chi connectivity index (χ0v) is 15.3. The lowest BCUT2D eigenvalue weighted by molar-refractivity contribution is 0.0704. The van der Waals surface area contributed by atoms with E-state index in [1.165, 1.54) is 0 Å². The molecule has 1 aromatic carbocycles. The number of nitrogens with one attached hydrogen (secondary N) is 2. The Balaban J connectivity index is 1.48. The second-order valence-electron chi connectivity index (χ2n) is 6.62. The molecule has 6 nitrogen and oxygen atoms in total.